The topological polar surface area (TPSA) is 32.3 Å². The van der Waals surface area contributed by atoms with Crippen molar-refractivity contribution in [1.29, 1.82) is 0 Å². The van der Waals surface area contributed by atoms with Crippen LogP contribution in [0.5, 0.6) is 0 Å². The monoisotopic (exact) mass is 221 g/mol. The van der Waals surface area contributed by atoms with Gasteiger partial charge in [0, 0.05) is 12.1 Å². The zero-order chi connectivity index (χ0) is 12.1. The minimum atomic E-state index is -0.243. The summed E-state index contributed by atoms with van der Waals surface area (Å²) in [5.74, 6) is 0. The maximum absolute atomic E-state index is 9.30. The third kappa shape index (κ3) is 4.33. The van der Waals surface area contributed by atoms with E-state index in [2.05, 4.69) is 50.4 Å². The first-order valence-electron chi connectivity index (χ1n) is 5.99. The molecule has 0 saturated carbocycles. The van der Waals surface area contributed by atoms with Crippen molar-refractivity contribution in [3.63, 3.8) is 0 Å². The lowest BCUT2D eigenvalue weighted by Crippen LogP contribution is -2.31. The molecule has 0 aliphatic rings. The molecule has 0 aromatic heterocycles. The van der Waals surface area contributed by atoms with Gasteiger partial charge in [0.15, 0.2) is 0 Å². The summed E-state index contributed by atoms with van der Waals surface area (Å²) in [5, 5.41) is 12.8. The Kier molecular flexibility index (Phi) is 4.97. The molecule has 0 fully saturated rings. The van der Waals surface area contributed by atoms with Gasteiger partial charge in [-0.15, -0.1) is 0 Å². The van der Waals surface area contributed by atoms with Gasteiger partial charge in [0.25, 0.3) is 0 Å². The van der Waals surface area contributed by atoms with E-state index in [1.807, 2.05) is 6.92 Å². The molecule has 0 amide bonds. The second kappa shape index (κ2) is 6.02. The van der Waals surface area contributed by atoms with Crippen LogP contribution in [0.25, 0.3) is 0 Å². The number of aliphatic hydroxyl groups excluding tert-OH is 1. The minimum Gasteiger partial charge on any atom is -0.393 e. The van der Waals surface area contributed by atoms with Crippen molar-refractivity contribution in [3.8, 4) is 0 Å². The molecule has 0 aliphatic heterocycles. The number of benzene rings is 1. The Morgan fingerprint density at radius 1 is 1.12 bits per heavy atom. The number of hydrogen-bond acceptors (Lipinski definition) is 2. The van der Waals surface area contributed by atoms with Crippen molar-refractivity contribution in [2.75, 3.05) is 0 Å². The van der Waals surface area contributed by atoms with E-state index in [0.717, 1.165) is 6.42 Å². The quantitative estimate of drug-likeness (QED) is 0.801. The van der Waals surface area contributed by atoms with Gasteiger partial charge in [-0.3, -0.25) is 0 Å². The van der Waals surface area contributed by atoms with Crippen LogP contribution in [0, 0.1) is 6.92 Å². The Morgan fingerprint density at radius 2 is 1.69 bits per heavy atom. The lowest BCUT2D eigenvalue weighted by atomic mass is 10.0. The van der Waals surface area contributed by atoms with Crippen LogP contribution < -0.4 is 5.32 Å². The van der Waals surface area contributed by atoms with Crippen LogP contribution in [0.1, 0.15) is 44.4 Å². The molecule has 3 atom stereocenters. The summed E-state index contributed by atoms with van der Waals surface area (Å²) in [6.07, 6.45) is 0.545. The van der Waals surface area contributed by atoms with Crippen molar-refractivity contribution < 1.29 is 5.11 Å². The molecule has 1 rings (SSSR count). The fourth-order valence-electron chi connectivity index (χ4n) is 1.96. The average molecular weight is 221 g/mol. The molecule has 2 nitrogen and oxygen atoms in total. The van der Waals surface area contributed by atoms with Gasteiger partial charge < -0.3 is 10.4 Å². The van der Waals surface area contributed by atoms with Crippen molar-refractivity contribution in [1.82, 2.24) is 5.32 Å². The highest BCUT2D eigenvalue weighted by molar-refractivity contribution is 5.23. The predicted octanol–water partition coefficient (Wildman–Crippen LogP) is 2.81. The van der Waals surface area contributed by atoms with E-state index in [0.29, 0.717) is 12.1 Å². The zero-order valence-electron chi connectivity index (χ0n) is 10.7. The molecule has 1 aromatic rings. The third-order valence-electron chi connectivity index (χ3n) is 2.81. The normalized spacial score (nSPS) is 16.8. The molecular formula is C14H23NO. The maximum Gasteiger partial charge on any atom is 0.0526 e. The van der Waals surface area contributed by atoms with Gasteiger partial charge in [0.1, 0.15) is 0 Å². The summed E-state index contributed by atoms with van der Waals surface area (Å²) < 4.78 is 0. The smallest absolute Gasteiger partial charge is 0.0526 e. The Morgan fingerprint density at radius 3 is 2.19 bits per heavy atom. The summed E-state index contributed by atoms with van der Waals surface area (Å²) in [5.41, 5.74) is 2.58. The van der Waals surface area contributed by atoms with Crippen LogP contribution in [0.15, 0.2) is 24.3 Å². The molecule has 3 unspecified atom stereocenters. The summed E-state index contributed by atoms with van der Waals surface area (Å²) in [7, 11) is 0. The fourth-order valence-corrected chi connectivity index (χ4v) is 1.96. The van der Waals surface area contributed by atoms with E-state index in [4.69, 9.17) is 0 Å². The van der Waals surface area contributed by atoms with Crippen LogP contribution >= 0.6 is 0 Å². The molecular weight excluding hydrogens is 198 g/mol. The molecule has 2 N–H and O–H groups in total. The first-order valence-corrected chi connectivity index (χ1v) is 5.99. The summed E-state index contributed by atoms with van der Waals surface area (Å²) in [4.78, 5) is 0. The van der Waals surface area contributed by atoms with Crippen molar-refractivity contribution in [2.45, 2.75) is 52.3 Å². The van der Waals surface area contributed by atoms with Gasteiger partial charge in [-0.1, -0.05) is 29.8 Å². The highest BCUT2D eigenvalue weighted by atomic mass is 16.3. The van der Waals surface area contributed by atoms with E-state index >= 15 is 0 Å². The molecule has 1 aromatic carbocycles. The summed E-state index contributed by atoms with van der Waals surface area (Å²) in [6, 6.07) is 9.23. The van der Waals surface area contributed by atoms with Crippen molar-refractivity contribution in [2.24, 2.45) is 0 Å². The van der Waals surface area contributed by atoms with E-state index in [1.54, 1.807) is 0 Å². The fraction of sp³-hybridized carbons (Fsp3) is 0.571. The number of rotatable bonds is 5. The Balaban J connectivity index is 2.51. The van der Waals surface area contributed by atoms with E-state index in [-0.39, 0.29) is 6.10 Å². The molecule has 2 heteroatoms. The van der Waals surface area contributed by atoms with Crippen molar-refractivity contribution >= 4 is 0 Å². The Bertz CT molecular complexity index is 305. The van der Waals surface area contributed by atoms with E-state index in [1.165, 1.54) is 11.1 Å². The minimum absolute atomic E-state index is 0.243. The largest absolute Gasteiger partial charge is 0.393 e. The number of nitrogens with one attached hydrogen (secondary N) is 1. The van der Waals surface area contributed by atoms with E-state index < -0.39 is 0 Å². The molecule has 90 valence electrons. The number of hydrogen-bond donors (Lipinski definition) is 2. The van der Waals surface area contributed by atoms with Gasteiger partial charge in [0.2, 0.25) is 0 Å². The lowest BCUT2D eigenvalue weighted by Gasteiger charge is -2.21. The van der Waals surface area contributed by atoms with E-state index in [9.17, 15) is 5.11 Å². The Hall–Kier alpha value is -0.860. The van der Waals surface area contributed by atoms with Crippen LogP contribution in [-0.2, 0) is 0 Å². The lowest BCUT2D eigenvalue weighted by molar-refractivity contribution is 0.168. The molecule has 16 heavy (non-hydrogen) atoms. The average Bonchev–Trinajstić information content (AvgIpc) is 2.16. The van der Waals surface area contributed by atoms with Crippen LogP contribution in [0.2, 0.25) is 0 Å². The highest BCUT2D eigenvalue weighted by Crippen LogP contribution is 2.14. The second-order valence-corrected chi connectivity index (χ2v) is 4.78. The third-order valence-corrected chi connectivity index (χ3v) is 2.81. The summed E-state index contributed by atoms with van der Waals surface area (Å²) >= 11 is 0. The first-order chi connectivity index (χ1) is 7.49. The van der Waals surface area contributed by atoms with Gasteiger partial charge in [-0.2, -0.15) is 0 Å². The van der Waals surface area contributed by atoms with Crippen LogP contribution in [0.4, 0.5) is 0 Å². The first kappa shape index (κ1) is 13.2. The standard InChI is InChI=1S/C14H23NO/c1-10-5-7-14(8-6-10)13(4)15-11(2)9-12(3)16/h5-8,11-13,15-16H,9H2,1-4H3. The zero-order valence-corrected chi connectivity index (χ0v) is 10.7. The predicted molar refractivity (Wildman–Crippen MR) is 68.5 cm³/mol. The molecule has 0 radical (unpaired) electrons. The number of aryl methyl sites for hydroxylation is 1. The van der Waals surface area contributed by atoms with Gasteiger partial charge in [0.05, 0.1) is 6.10 Å². The van der Waals surface area contributed by atoms with Crippen LogP contribution in [-0.4, -0.2) is 17.3 Å². The van der Waals surface area contributed by atoms with Gasteiger partial charge in [-0.05, 0) is 39.7 Å². The molecule has 0 heterocycles. The molecule has 0 spiro atoms. The maximum atomic E-state index is 9.30. The number of aliphatic hydroxyl groups is 1. The molecule has 0 saturated heterocycles. The highest BCUT2D eigenvalue weighted by Gasteiger charge is 2.10. The van der Waals surface area contributed by atoms with Crippen LogP contribution in [0.3, 0.4) is 0 Å². The SMILES string of the molecule is Cc1ccc(C(C)NC(C)CC(C)O)cc1. The molecule has 0 bridgehead atoms. The van der Waals surface area contributed by atoms with Gasteiger partial charge >= 0.3 is 0 Å². The summed E-state index contributed by atoms with van der Waals surface area (Å²) in [6.45, 7) is 8.19. The molecule has 0 aliphatic carbocycles. The second-order valence-electron chi connectivity index (χ2n) is 4.78. The van der Waals surface area contributed by atoms with Gasteiger partial charge in [-0.25, -0.2) is 0 Å². The Labute approximate surface area is 98.7 Å². The van der Waals surface area contributed by atoms with Crippen molar-refractivity contribution in [3.05, 3.63) is 35.4 Å².